The van der Waals surface area contributed by atoms with Gasteiger partial charge in [0.25, 0.3) is 0 Å². The van der Waals surface area contributed by atoms with Crippen molar-refractivity contribution in [2.24, 2.45) is 0 Å². The van der Waals surface area contributed by atoms with Crippen molar-refractivity contribution in [3.63, 3.8) is 0 Å². The highest BCUT2D eigenvalue weighted by Gasteiger charge is 2.20. The highest BCUT2D eigenvalue weighted by atomic mass is 35.5. The summed E-state index contributed by atoms with van der Waals surface area (Å²) in [5, 5.41) is 6.12. The van der Waals surface area contributed by atoms with E-state index in [0.29, 0.717) is 35.8 Å². The third kappa shape index (κ3) is 6.22. The fourth-order valence-corrected chi connectivity index (χ4v) is 5.15. The number of nitrogens with one attached hydrogen (secondary N) is 2. The molecule has 2 N–H and O–H groups in total. The van der Waals surface area contributed by atoms with Crippen LogP contribution in [0.4, 0.5) is 5.69 Å². The standard InChI is InChI=1S/C20H21ClN2O4S2/c21-15-3-1-14(2-4-15)7-10-22-19(24)9-12-29(26,27)16-5-6-18-17(13-16)23-20(25)8-11-28-18/h1-6,13H,7-12H2,(H,22,24)(H,23,25). The Balaban J connectivity index is 1.53. The molecule has 0 saturated heterocycles. The molecule has 6 nitrogen and oxygen atoms in total. The minimum absolute atomic E-state index is 0.105. The maximum Gasteiger partial charge on any atom is 0.225 e. The Labute approximate surface area is 179 Å². The maximum absolute atomic E-state index is 12.6. The number of anilines is 1. The molecule has 0 spiro atoms. The van der Waals surface area contributed by atoms with Gasteiger partial charge in [-0.3, -0.25) is 9.59 Å². The predicted molar refractivity (Wildman–Crippen MR) is 115 cm³/mol. The molecule has 2 aromatic rings. The summed E-state index contributed by atoms with van der Waals surface area (Å²) in [6, 6.07) is 12.0. The van der Waals surface area contributed by atoms with E-state index in [1.807, 2.05) is 12.1 Å². The van der Waals surface area contributed by atoms with Gasteiger partial charge in [-0.2, -0.15) is 0 Å². The van der Waals surface area contributed by atoms with Crippen molar-refractivity contribution in [3.8, 4) is 0 Å². The molecule has 2 aromatic carbocycles. The van der Waals surface area contributed by atoms with Crippen LogP contribution in [0.1, 0.15) is 18.4 Å². The average molecular weight is 453 g/mol. The molecule has 0 unspecified atom stereocenters. The van der Waals surface area contributed by atoms with Crippen LogP contribution in [0.5, 0.6) is 0 Å². The first kappa shape index (κ1) is 21.7. The van der Waals surface area contributed by atoms with Crippen molar-refractivity contribution in [2.45, 2.75) is 29.1 Å². The Kier molecular flexibility index (Phi) is 7.21. The van der Waals surface area contributed by atoms with Gasteiger partial charge in [0, 0.05) is 35.1 Å². The maximum atomic E-state index is 12.6. The number of benzene rings is 2. The highest BCUT2D eigenvalue weighted by Crippen LogP contribution is 2.32. The van der Waals surface area contributed by atoms with Crippen molar-refractivity contribution in [1.82, 2.24) is 5.32 Å². The van der Waals surface area contributed by atoms with E-state index in [2.05, 4.69) is 10.6 Å². The molecule has 1 heterocycles. The summed E-state index contributed by atoms with van der Waals surface area (Å²) >= 11 is 7.35. The summed E-state index contributed by atoms with van der Waals surface area (Å²) in [4.78, 5) is 24.7. The lowest BCUT2D eigenvalue weighted by molar-refractivity contribution is -0.120. The lowest BCUT2D eigenvalue weighted by Gasteiger charge is -2.10. The Morgan fingerprint density at radius 2 is 1.93 bits per heavy atom. The summed E-state index contributed by atoms with van der Waals surface area (Å²) < 4.78 is 25.2. The first-order valence-corrected chi connectivity index (χ1v) is 12.2. The van der Waals surface area contributed by atoms with Crippen LogP contribution < -0.4 is 10.6 Å². The van der Waals surface area contributed by atoms with Gasteiger partial charge in [0.2, 0.25) is 11.8 Å². The van der Waals surface area contributed by atoms with E-state index in [1.165, 1.54) is 23.9 Å². The normalized spacial score (nSPS) is 13.9. The van der Waals surface area contributed by atoms with E-state index in [0.717, 1.165) is 10.5 Å². The molecule has 0 aromatic heterocycles. The molecule has 9 heteroatoms. The molecule has 0 bridgehead atoms. The van der Waals surface area contributed by atoms with Crippen molar-refractivity contribution in [2.75, 3.05) is 23.4 Å². The predicted octanol–water partition coefficient (Wildman–Crippen LogP) is 3.30. The molecule has 2 amide bonds. The zero-order chi connectivity index (χ0) is 20.9. The van der Waals surface area contributed by atoms with Gasteiger partial charge >= 0.3 is 0 Å². The van der Waals surface area contributed by atoms with Gasteiger partial charge in [-0.15, -0.1) is 11.8 Å². The van der Waals surface area contributed by atoms with E-state index in [1.54, 1.807) is 18.2 Å². The van der Waals surface area contributed by atoms with Crippen LogP contribution in [0.2, 0.25) is 5.02 Å². The Morgan fingerprint density at radius 1 is 1.17 bits per heavy atom. The third-order valence-electron chi connectivity index (χ3n) is 4.42. The zero-order valence-electron chi connectivity index (χ0n) is 15.6. The van der Waals surface area contributed by atoms with E-state index < -0.39 is 9.84 Å². The number of hydrogen-bond acceptors (Lipinski definition) is 5. The van der Waals surface area contributed by atoms with Crippen molar-refractivity contribution < 1.29 is 18.0 Å². The molecule has 0 aliphatic carbocycles. The fraction of sp³-hybridized carbons (Fsp3) is 0.300. The molecular weight excluding hydrogens is 432 g/mol. The van der Waals surface area contributed by atoms with E-state index in [4.69, 9.17) is 11.6 Å². The quantitative estimate of drug-likeness (QED) is 0.672. The summed E-state index contributed by atoms with van der Waals surface area (Å²) in [6.07, 6.45) is 0.899. The first-order chi connectivity index (χ1) is 13.8. The van der Waals surface area contributed by atoms with Crippen molar-refractivity contribution in [1.29, 1.82) is 0 Å². The molecule has 3 rings (SSSR count). The Bertz CT molecular complexity index is 1010. The molecule has 0 fully saturated rings. The SMILES string of the molecule is O=C(CCS(=O)(=O)c1ccc2c(c1)NC(=O)CCS2)NCCc1ccc(Cl)cc1. The summed E-state index contributed by atoms with van der Waals surface area (Å²) in [5.74, 6) is -0.0900. The van der Waals surface area contributed by atoms with Gasteiger partial charge in [0.15, 0.2) is 9.84 Å². The number of thioether (sulfide) groups is 1. The summed E-state index contributed by atoms with van der Waals surface area (Å²) in [5.41, 5.74) is 1.54. The largest absolute Gasteiger partial charge is 0.356 e. The second kappa shape index (κ2) is 9.65. The van der Waals surface area contributed by atoms with Crippen LogP contribution in [-0.4, -0.2) is 38.3 Å². The molecule has 0 atom stereocenters. The van der Waals surface area contributed by atoms with Crippen LogP contribution in [-0.2, 0) is 25.8 Å². The summed E-state index contributed by atoms with van der Waals surface area (Å²) in [6.45, 7) is 0.419. The average Bonchev–Trinajstić information content (AvgIpc) is 2.88. The van der Waals surface area contributed by atoms with E-state index in [9.17, 15) is 18.0 Å². The summed E-state index contributed by atoms with van der Waals surface area (Å²) in [7, 11) is -3.64. The smallest absolute Gasteiger partial charge is 0.225 e. The number of carbonyl (C=O) groups is 2. The monoisotopic (exact) mass is 452 g/mol. The molecule has 29 heavy (non-hydrogen) atoms. The topological polar surface area (TPSA) is 92.3 Å². The number of sulfone groups is 1. The van der Waals surface area contributed by atoms with E-state index in [-0.39, 0.29) is 28.9 Å². The first-order valence-electron chi connectivity index (χ1n) is 9.14. The second-order valence-electron chi connectivity index (χ2n) is 6.60. The highest BCUT2D eigenvalue weighted by molar-refractivity contribution is 7.99. The van der Waals surface area contributed by atoms with Crippen molar-refractivity contribution in [3.05, 3.63) is 53.1 Å². The molecule has 1 aliphatic heterocycles. The number of rotatable bonds is 7. The number of amides is 2. The van der Waals surface area contributed by atoms with Crippen LogP contribution in [0.15, 0.2) is 52.3 Å². The van der Waals surface area contributed by atoms with Crippen LogP contribution in [0.25, 0.3) is 0 Å². The molecule has 154 valence electrons. The van der Waals surface area contributed by atoms with Gasteiger partial charge in [0.05, 0.1) is 16.3 Å². The molecule has 1 aliphatic rings. The number of hydrogen-bond donors (Lipinski definition) is 2. The van der Waals surface area contributed by atoms with Gasteiger partial charge in [-0.25, -0.2) is 8.42 Å². The third-order valence-corrected chi connectivity index (χ3v) is 7.46. The lowest BCUT2D eigenvalue weighted by atomic mass is 10.1. The van der Waals surface area contributed by atoms with Crippen LogP contribution in [0.3, 0.4) is 0 Å². The molecule has 0 saturated carbocycles. The number of carbonyl (C=O) groups excluding carboxylic acids is 2. The molecule has 0 radical (unpaired) electrons. The minimum Gasteiger partial charge on any atom is -0.356 e. The zero-order valence-corrected chi connectivity index (χ0v) is 18.0. The fourth-order valence-electron chi connectivity index (χ4n) is 2.82. The lowest BCUT2D eigenvalue weighted by Crippen LogP contribution is -2.27. The van der Waals surface area contributed by atoms with E-state index >= 15 is 0 Å². The molecular formula is C20H21ClN2O4S2. The van der Waals surface area contributed by atoms with Crippen LogP contribution >= 0.6 is 23.4 Å². The Morgan fingerprint density at radius 3 is 2.69 bits per heavy atom. The second-order valence-corrected chi connectivity index (χ2v) is 10.3. The van der Waals surface area contributed by atoms with Crippen molar-refractivity contribution >= 4 is 50.7 Å². The van der Waals surface area contributed by atoms with Gasteiger partial charge < -0.3 is 10.6 Å². The number of fused-ring (bicyclic) bond motifs is 1. The van der Waals surface area contributed by atoms with Gasteiger partial charge in [-0.05, 0) is 42.3 Å². The van der Waals surface area contributed by atoms with Crippen LogP contribution in [0, 0.1) is 0 Å². The Hall–Kier alpha value is -2.03. The van der Waals surface area contributed by atoms with Gasteiger partial charge in [0.1, 0.15) is 0 Å². The van der Waals surface area contributed by atoms with Gasteiger partial charge in [-0.1, -0.05) is 23.7 Å². The number of halogens is 1. The minimum atomic E-state index is -3.64.